The second-order valence-corrected chi connectivity index (χ2v) is 8.45. The Hall–Kier alpha value is -2.30. The van der Waals surface area contributed by atoms with E-state index in [-0.39, 0.29) is 17.6 Å². The first-order valence-electron chi connectivity index (χ1n) is 9.53. The van der Waals surface area contributed by atoms with Crippen molar-refractivity contribution in [3.05, 3.63) is 47.3 Å². The predicted molar refractivity (Wildman–Crippen MR) is 100 cm³/mol. The highest BCUT2D eigenvalue weighted by atomic mass is 16.5. The molecule has 2 aliphatic carbocycles. The van der Waals surface area contributed by atoms with Gasteiger partial charge in [-0.2, -0.15) is 5.10 Å². The number of fused-ring (bicyclic) bond motifs is 1. The van der Waals surface area contributed by atoms with Gasteiger partial charge in [0.1, 0.15) is 11.4 Å². The van der Waals surface area contributed by atoms with Crippen molar-refractivity contribution in [3.63, 3.8) is 0 Å². The lowest BCUT2D eigenvalue weighted by molar-refractivity contribution is 0.0642. The standard InChI is InChI=1S/C21H27N3O2/c1-21(2,3)26-18-9-4-14(5-10-18)20(25)24(16-6-7-16)17-8-11-19-15(12-17)13-22-23-19/h4-5,9-10,13,16-17H,6-8,11-12H2,1-3H3,(H,22,23). The Morgan fingerprint density at radius 3 is 2.54 bits per heavy atom. The molecule has 1 atom stereocenters. The van der Waals surface area contributed by atoms with Crippen LogP contribution < -0.4 is 4.74 Å². The van der Waals surface area contributed by atoms with E-state index in [0.29, 0.717) is 6.04 Å². The fourth-order valence-electron chi connectivity index (χ4n) is 3.79. The van der Waals surface area contributed by atoms with Crippen molar-refractivity contribution in [3.8, 4) is 5.75 Å². The van der Waals surface area contributed by atoms with Gasteiger partial charge in [0.15, 0.2) is 0 Å². The predicted octanol–water partition coefficient (Wildman–Crippen LogP) is 3.75. The van der Waals surface area contributed by atoms with Gasteiger partial charge >= 0.3 is 0 Å². The minimum Gasteiger partial charge on any atom is -0.488 e. The van der Waals surface area contributed by atoms with Gasteiger partial charge in [0.05, 0.1) is 6.20 Å². The average molecular weight is 353 g/mol. The van der Waals surface area contributed by atoms with Gasteiger partial charge in [-0.3, -0.25) is 9.89 Å². The Kier molecular flexibility index (Phi) is 4.25. The van der Waals surface area contributed by atoms with Crippen molar-refractivity contribution < 1.29 is 9.53 Å². The number of nitrogens with zero attached hydrogens (tertiary/aromatic N) is 2. The SMILES string of the molecule is CC(C)(C)Oc1ccc(C(=O)N(C2CC2)C2CCc3[nH]ncc3C2)cc1. The van der Waals surface area contributed by atoms with Gasteiger partial charge < -0.3 is 9.64 Å². The highest BCUT2D eigenvalue weighted by molar-refractivity contribution is 5.95. The highest BCUT2D eigenvalue weighted by Gasteiger charge is 2.39. The van der Waals surface area contributed by atoms with E-state index in [4.69, 9.17) is 4.74 Å². The Labute approximate surface area is 154 Å². The summed E-state index contributed by atoms with van der Waals surface area (Å²) in [5.74, 6) is 0.944. The quantitative estimate of drug-likeness (QED) is 0.911. The lowest BCUT2D eigenvalue weighted by Gasteiger charge is -2.34. The summed E-state index contributed by atoms with van der Waals surface area (Å²) >= 11 is 0. The number of aromatic nitrogens is 2. The molecule has 1 amide bonds. The summed E-state index contributed by atoms with van der Waals surface area (Å²) in [5.41, 5.74) is 2.99. The van der Waals surface area contributed by atoms with Crippen molar-refractivity contribution in [2.75, 3.05) is 0 Å². The number of ether oxygens (including phenoxy) is 1. The van der Waals surface area contributed by atoms with E-state index >= 15 is 0 Å². The number of aromatic amines is 1. The van der Waals surface area contributed by atoms with Crippen LogP contribution in [0.4, 0.5) is 0 Å². The van der Waals surface area contributed by atoms with Crippen LogP contribution in [0, 0.1) is 0 Å². The van der Waals surface area contributed by atoms with Crippen LogP contribution in [0.3, 0.4) is 0 Å². The molecule has 1 aromatic heterocycles. The Morgan fingerprint density at radius 2 is 1.88 bits per heavy atom. The minimum atomic E-state index is -0.240. The van der Waals surface area contributed by atoms with Gasteiger partial charge in [0.2, 0.25) is 0 Å². The zero-order valence-corrected chi connectivity index (χ0v) is 15.8. The van der Waals surface area contributed by atoms with E-state index in [1.807, 2.05) is 51.2 Å². The first kappa shape index (κ1) is 17.1. The van der Waals surface area contributed by atoms with Gasteiger partial charge in [-0.05, 0) is 82.7 Å². The molecule has 1 aromatic carbocycles. The molecule has 1 heterocycles. The Balaban J connectivity index is 1.51. The van der Waals surface area contributed by atoms with Crippen molar-refractivity contribution in [2.24, 2.45) is 0 Å². The van der Waals surface area contributed by atoms with Crippen molar-refractivity contribution in [2.45, 2.75) is 70.6 Å². The molecule has 0 spiro atoms. The number of benzene rings is 1. The third-order valence-corrected chi connectivity index (χ3v) is 5.08. The van der Waals surface area contributed by atoms with Crippen molar-refractivity contribution in [1.82, 2.24) is 15.1 Å². The molecule has 0 saturated heterocycles. The molecule has 5 nitrogen and oxygen atoms in total. The lowest BCUT2D eigenvalue weighted by Crippen LogP contribution is -2.44. The molecule has 1 unspecified atom stereocenters. The van der Waals surface area contributed by atoms with Crippen LogP contribution in [-0.4, -0.2) is 38.7 Å². The number of aryl methyl sites for hydroxylation is 1. The number of H-pyrrole nitrogens is 1. The van der Waals surface area contributed by atoms with Crippen LogP contribution in [0.5, 0.6) is 5.75 Å². The smallest absolute Gasteiger partial charge is 0.254 e. The number of hydrogen-bond donors (Lipinski definition) is 1. The molecule has 138 valence electrons. The first-order chi connectivity index (χ1) is 12.4. The normalized spacial score (nSPS) is 19.7. The zero-order chi connectivity index (χ0) is 18.3. The summed E-state index contributed by atoms with van der Waals surface area (Å²) in [6.07, 6.45) is 7.02. The molecule has 1 fully saturated rings. The van der Waals surface area contributed by atoms with E-state index in [0.717, 1.165) is 43.4 Å². The molecule has 4 rings (SSSR count). The van der Waals surface area contributed by atoms with E-state index < -0.39 is 0 Å². The average Bonchev–Trinajstić information content (AvgIpc) is 3.30. The summed E-state index contributed by atoms with van der Waals surface area (Å²) in [7, 11) is 0. The molecule has 5 heteroatoms. The molecule has 1 saturated carbocycles. The van der Waals surface area contributed by atoms with Crippen LogP contribution in [0.2, 0.25) is 0 Å². The Morgan fingerprint density at radius 1 is 1.15 bits per heavy atom. The molecular weight excluding hydrogens is 326 g/mol. The number of rotatable bonds is 4. The lowest BCUT2D eigenvalue weighted by atomic mass is 9.92. The number of amides is 1. The largest absolute Gasteiger partial charge is 0.488 e. The topological polar surface area (TPSA) is 58.2 Å². The summed E-state index contributed by atoms with van der Waals surface area (Å²) in [6.45, 7) is 6.07. The van der Waals surface area contributed by atoms with Gasteiger partial charge in [0.25, 0.3) is 5.91 Å². The second kappa shape index (κ2) is 6.45. The molecule has 26 heavy (non-hydrogen) atoms. The molecule has 1 N–H and O–H groups in total. The fourth-order valence-corrected chi connectivity index (χ4v) is 3.79. The maximum Gasteiger partial charge on any atom is 0.254 e. The van der Waals surface area contributed by atoms with Gasteiger partial charge in [-0.1, -0.05) is 0 Å². The van der Waals surface area contributed by atoms with E-state index in [1.54, 1.807) is 0 Å². The van der Waals surface area contributed by atoms with E-state index in [1.165, 1.54) is 11.3 Å². The molecule has 0 aliphatic heterocycles. The van der Waals surface area contributed by atoms with Gasteiger partial charge in [-0.15, -0.1) is 0 Å². The van der Waals surface area contributed by atoms with Gasteiger partial charge in [0, 0.05) is 23.3 Å². The fraction of sp³-hybridized carbons (Fsp3) is 0.524. The number of hydrogen-bond acceptors (Lipinski definition) is 3. The van der Waals surface area contributed by atoms with Crippen LogP contribution >= 0.6 is 0 Å². The van der Waals surface area contributed by atoms with Crippen molar-refractivity contribution in [1.29, 1.82) is 0 Å². The molecular formula is C21H27N3O2. The number of nitrogens with one attached hydrogen (secondary N) is 1. The molecule has 2 aliphatic rings. The van der Waals surface area contributed by atoms with Crippen molar-refractivity contribution >= 4 is 5.91 Å². The van der Waals surface area contributed by atoms with Crippen LogP contribution in [0.15, 0.2) is 30.5 Å². The molecule has 0 bridgehead atoms. The maximum atomic E-state index is 13.2. The molecule has 2 aromatic rings. The second-order valence-electron chi connectivity index (χ2n) is 8.45. The summed E-state index contributed by atoms with van der Waals surface area (Å²) < 4.78 is 5.87. The highest BCUT2D eigenvalue weighted by Crippen LogP contribution is 2.34. The first-order valence-corrected chi connectivity index (χ1v) is 9.53. The van der Waals surface area contributed by atoms with E-state index in [2.05, 4.69) is 15.1 Å². The van der Waals surface area contributed by atoms with Crippen LogP contribution in [0.25, 0.3) is 0 Å². The van der Waals surface area contributed by atoms with Crippen LogP contribution in [0.1, 0.15) is 61.6 Å². The summed E-state index contributed by atoms with van der Waals surface area (Å²) in [6, 6.07) is 8.25. The molecule has 0 radical (unpaired) electrons. The minimum absolute atomic E-state index is 0.145. The van der Waals surface area contributed by atoms with E-state index in [9.17, 15) is 4.79 Å². The summed E-state index contributed by atoms with van der Waals surface area (Å²) in [4.78, 5) is 15.4. The number of carbonyl (C=O) groups excluding carboxylic acids is 1. The maximum absolute atomic E-state index is 13.2. The zero-order valence-electron chi connectivity index (χ0n) is 15.8. The van der Waals surface area contributed by atoms with Crippen LogP contribution in [-0.2, 0) is 12.8 Å². The third kappa shape index (κ3) is 3.62. The Bertz CT molecular complexity index is 784. The summed E-state index contributed by atoms with van der Waals surface area (Å²) in [5, 5.41) is 7.24. The number of carbonyl (C=O) groups is 1. The third-order valence-electron chi connectivity index (χ3n) is 5.08. The monoisotopic (exact) mass is 353 g/mol. The van der Waals surface area contributed by atoms with Gasteiger partial charge in [-0.25, -0.2) is 0 Å².